The molecule has 0 spiro atoms. The Morgan fingerprint density at radius 1 is 0.828 bits per heavy atom. The van der Waals surface area contributed by atoms with Crippen molar-refractivity contribution in [2.24, 2.45) is 0 Å². The molecule has 2 aliphatic heterocycles. The summed E-state index contributed by atoms with van der Waals surface area (Å²) in [6.45, 7) is 8.50. The molecular weight excluding hydrogens is 364 g/mol. The lowest BCUT2D eigenvalue weighted by molar-refractivity contribution is -0.131. The first-order chi connectivity index (χ1) is 14.0. The number of nitrogens with zero attached hydrogens (tertiary/aromatic N) is 4. The highest BCUT2D eigenvalue weighted by atomic mass is 16.2. The fourth-order valence-electron chi connectivity index (χ4n) is 4.00. The number of benzene rings is 2. The number of anilines is 2. The molecule has 4 rings (SSSR count). The van der Waals surface area contributed by atoms with Crippen molar-refractivity contribution in [2.45, 2.75) is 13.8 Å². The van der Waals surface area contributed by atoms with Crippen LogP contribution in [0.2, 0.25) is 0 Å². The highest BCUT2D eigenvalue weighted by Crippen LogP contribution is 2.21. The van der Waals surface area contributed by atoms with Crippen molar-refractivity contribution in [3.8, 4) is 0 Å². The number of hydrogen-bond acceptors (Lipinski definition) is 3. The van der Waals surface area contributed by atoms with Crippen LogP contribution in [0.5, 0.6) is 0 Å². The Morgan fingerprint density at radius 2 is 1.55 bits per heavy atom. The van der Waals surface area contributed by atoms with Crippen molar-refractivity contribution in [2.75, 3.05) is 55.6 Å². The van der Waals surface area contributed by atoms with E-state index in [4.69, 9.17) is 0 Å². The number of carbonyl (C=O) groups is 2. The van der Waals surface area contributed by atoms with Crippen molar-refractivity contribution in [1.82, 2.24) is 9.80 Å². The van der Waals surface area contributed by atoms with E-state index in [9.17, 15) is 9.59 Å². The predicted molar refractivity (Wildman–Crippen MR) is 115 cm³/mol. The third-order valence-electron chi connectivity index (χ3n) is 5.77. The average molecular weight is 393 g/mol. The molecule has 0 radical (unpaired) electrons. The van der Waals surface area contributed by atoms with Crippen LogP contribution in [-0.2, 0) is 4.79 Å². The summed E-state index contributed by atoms with van der Waals surface area (Å²) in [5.41, 5.74) is 4.51. The van der Waals surface area contributed by atoms with Gasteiger partial charge in [-0.15, -0.1) is 0 Å². The molecule has 152 valence electrons. The van der Waals surface area contributed by atoms with E-state index in [1.165, 1.54) is 11.3 Å². The topological polar surface area (TPSA) is 47.1 Å². The molecule has 0 bridgehead atoms. The SMILES string of the molecule is Cc1ccc(N2CCN(CC(=O)N3CCN(c4cccc(C)c4)CC3)C2=O)cc1. The molecule has 2 saturated heterocycles. The second-order valence-electron chi connectivity index (χ2n) is 7.90. The normalized spacial score (nSPS) is 17.2. The Balaban J connectivity index is 1.31. The van der Waals surface area contributed by atoms with Gasteiger partial charge in [0, 0.05) is 50.6 Å². The summed E-state index contributed by atoms with van der Waals surface area (Å²) < 4.78 is 0. The molecule has 0 saturated carbocycles. The van der Waals surface area contributed by atoms with E-state index in [0.29, 0.717) is 26.2 Å². The first-order valence-electron chi connectivity index (χ1n) is 10.2. The van der Waals surface area contributed by atoms with E-state index in [1.807, 2.05) is 36.1 Å². The van der Waals surface area contributed by atoms with Crippen molar-refractivity contribution in [3.63, 3.8) is 0 Å². The quantitative estimate of drug-likeness (QED) is 0.804. The van der Waals surface area contributed by atoms with Gasteiger partial charge in [0.05, 0.1) is 0 Å². The zero-order valence-electron chi connectivity index (χ0n) is 17.2. The van der Waals surface area contributed by atoms with Gasteiger partial charge in [0.15, 0.2) is 0 Å². The van der Waals surface area contributed by atoms with Crippen molar-refractivity contribution >= 4 is 23.3 Å². The highest BCUT2D eigenvalue weighted by Gasteiger charge is 2.32. The molecule has 2 fully saturated rings. The van der Waals surface area contributed by atoms with Gasteiger partial charge in [0.2, 0.25) is 5.91 Å². The van der Waals surface area contributed by atoms with Gasteiger partial charge in [-0.05, 0) is 43.7 Å². The van der Waals surface area contributed by atoms with Gasteiger partial charge in [-0.2, -0.15) is 0 Å². The molecule has 0 aliphatic carbocycles. The van der Waals surface area contributed by atoms with Crippen LogP contribution in [0, 0.1) is 13.8 Å². The molecule has 29 heavy (non-hydrogen) atoms. The lowest BCUT2D eigenvalue weighted by Gasteiger charge is -2.36. The molecule has 6 nitrogen and oxygen atoms in total. The molecule has 0 atom stereocenters. The number of urea groups is 1. The van der Waals surface area contributed by atoms with Gasteiger partial charge in [0.25, 0.3) is 0 Å². The highest BCUT2D eigenvalue weighted by molar-refractivity contribution is 5.96. The van der Waals surface area contributed by atoms with E-state index in [1.54, 1.807) is 9.80 Å². The van der Waals surface area contributed by atoms with Crippen LogP contribution >= 0.6 is 0 Å². The molecule has 3 amide bonds. The summed E-state index contributed by atoms with van der Waals surface area (Å²) in [7, 11) is 0. The largest absolute Gasteiger partial charge is 0.368 e. The van der Waals surface area contributed by atoms with Gasteiger partial charge < -0.3 is 14.7 Å². The number of carbonyl (C=O) groups excluding carboxylic acids is 2. The Bertz CT molecular complexity index is 888. The summed E-state index contributed by atoms with van der Waals surface area (Å²) in [4.78, 5) is 33.1. The zero-order valence-corrected chi connectivity index (χ0v) is 17.2. The van der Waals surface area contributed by atoms with Crippen LogP contribution in [-0.4, -0.2) is 67.6 Å². The average Bonchev–Trinajstić information content (AvgIpc) is 3.09. The standard InChI is InChI=1S/C23H28N4O2/c1-18-6-8-20(9-7-18)27-15-14-26(23(27)29)17-22(28)25-12-10-24(11-13-25)21-5-3-4-19(2)16-21/h3-9,16H,10-15,17H2,1-2H3. The second kappa shape index (κ2) is 8.15. The number of aryl methyl sites for hydroxylation is 2. The summed E-state index contributed by atoms with van der Waals surface area (Å²) in [5, 5.41) is 0. The maximum absolute atomic E-state index is 12.8. The van der Waals surface area contributed by atoms with Gasteiger partial charge in [-0.25, -0.2) is 4.79 Å². The van der Waals surface area contributed by atoms with Gasteiger partial charge in [-0.1, -0.05) is 29.8 Å². The number of rotatable bonds is 4. The number of amides is 3. The smallest absolute Gasteiger partial charge is 0.325 e. The number of hydrogen-bond donors (Lipinski definition) is 0. The molecule has 2 aromatic rings. The van der Waals surface area contributed by atoms with Gasteiger partial charge in [-0.3, -0.25) is 9.69 Å². The maximum Gasteiger partial charge on any atom is 0.325 e. The van der Waals surface area contributed by atoms with Crippen LogP contribution in [0.4, 0.5) is 16.2 Å². The zero-order chi connectivity index (χ0) is 20.4. The van der Waals surface area contributed by atoms with Crippen molar-refractivity contribution < 1.29 is 9.59 Å². The maximum atomic E-state index is 12.8. The molecular formula is C23H28N4O2. The van der Waals surface area contributed by atoms with Gasteiger partial charge >= 0.3 is 6.03 Å². The minimum Gasteiger partial charge on any atom is -0.368 e. The van der Waals surface area contributed by atoms with Crippen LogP contribution in [0.1, 0.15) is 11.1 Å². The summed E-state index contributed by atoms with van der Waals surface area (Å²) in [5.74, 6) is 0.0352. The molecule has 0 aromatic heterocycles. The molecule has 6 heteroatoms. The molecule has 0 unspecified atom stereocenters. The Hall–Kier alpha value is -3.02. The fourth-order valence-corrected chi connectivity index (χ4v) is 4.00. The summed E-state index contributed by atoms with van der Waals surface area (Å²) in [6.07, 6.45) is 0. The Labute approximate surface area is 172 Å². The van der Waals surface area contributed by atoms with Crippen molar-refractivity contribution in [1.29, 1.82) is 0 Å². The van der Waals surface area contributed by atoms with E-state index in [0.717, 1.165) is 24.3 Å². The van der Waals surface area contributed by atoms with E-state index in [-0.39, 0.29) is 18.5 Å². The third-order valence-corrected chi connectivity index (χ3v) is 5.77. The van der Waals surface area contributed by atoms with Crippen molar-refractivity contribution in [3.05, 3.63) is 59.7 Å². The second-order valence-corrected chi connectivity index (χ2v) is 7.90. The summed E-state index contributed by atoms with van der Waals surface area (Å²) >= 11 is 0. The third kappa shape index (κ3) is 4.21. The van der Waals surface area contributed by atoms with Crippen LogP contribution in [0.25, 0.3) is 0 Å². The lowest BCUT2D eigenvalue weighted by Crippen LogP contribution is -2.51. The minimum absolute atomic E-state index is 0.0352. The molecule has 0 N–H and O–H groups in total. The van der Waals surface area contributed by atoms with E-state index >= 15 is 0 Å². The van der Waals surface area contributed by atoms with E-state index < -0.39 is 0 Å². The first kappa shape index (κ1) is 19.3. The van der Waals surface area contributed by atoms with Gasteiger partial charge in [0.1, 0.15) is 6.54 Å². The Morgan fingerprint density at radius 3 is 2.24 bits per heavy atom. The summed E-state index contributed by atoms with van der Waals surface area (Å²) in [6, 6.07) is 16.3. The predicted octanol–water partition coefficient (Wildman–Crippen LogP) is 2.89. The fraction of sp³-hybridized carbons (Fsp3) is 0.391. The van der Waals surface area contributed by atoms with Crippen LogP contribution < -0.4 is 9.80 Å². The molecule has 2 heterocycles. The van der Waals surface area contributed by atoms with Crippen LogP contribution in [0.3, 0.4) is 0 Å². The minimum atomic E-state index is -0.0828. The molecule has 2 aromatic carbocycles. The molecule has 2 aliphatic rings. The lowest BCUT2D eigenvalue weighted by atomic mass is 10.2. The van der Waals surface area contributed by atoms with Crippen LogP contribution in [0.15, 0.2) is 48.5 Å². The monoisotopic (exact) mass is 392 g/mol. The number of piperazine rings is 1. The first-order valence-corrected chi connectivity index (χ1v) is 10.2. The Kier molecular flexibility index (Phi) is 5.43. The van der Waals surface area contributed by atoms with E-state index in [2.05, 4.69) is 36.1 Å².